The molecule has 5 nitrogen and oxygen atoms in total. The molecule has 1 aliphatic carbocycles. The van der Waals surface area contributed by atoms with Crippen molar-refractivity contribution in [2.45, 2.75) is 57.5 Å². The number of nitrogens with zero attached hydrogens (tertiary/aromatic N) is 3. The molecule has 3 N–H and O–H groups in total. The van der Waals surface area contributed by atoms with Crippen LogP contribution in [0.15, 0.2) is 36.5 Å². The van der Waals surface area contributed by atoms with E-state index in [0.717, 1.165) is 36.9 Å². The first-order chi connectivity index (χ1) is 13.5. The monoisotopic (exact) mass is 385 g/mol. The fraction of sp³-hybridized carbons (Fsp3) is 0.429. The van der Waals surface area contributed by atoms with Crippen LogP contribution in [-0.4, -0.2) is 11.0 Å². The minimum absolute atomic E-state index is 0.0164. The quantitative estimate of drug-likeness (QED) is 0.525. The largest absolute Gasteiger partial charge is 0.347 e. The molecule has 1 aliphatic rings. The summed E-state index contributed by atoms with van der Waals surface area (Å²) in [4.78, 5) is 6.61. The zero-order chi connectivity index (χ0) is 20.1. The number of nitrogens with two attached hydrogens (primary N) is 1. The number of halogens is 2. The van der Waals surface area contributed by atoms with Crippen LogP contribution in [0, 0.1) is 11.3 Å². The molecule has 1 saturated carbocycles. The van der Waals surface area contributed by atoms with E-state index in [4.69, 9.17) is 5.84 Å². The molecule has 7 heteroatoms. The Hall–Kier alpha value is -2.72. The van der Waals surface area contributed by atoms with Crippen LogP contribution in [0.4, 0.5) is 20.3 Å². The molecular formula is C21H25F2N5. The molecule has 0 amide bonds. The summed E-state index contributed by atoms with van der Waals surface area (Å²) < 4.78 is 26.3. The van der Waals surface area contributed by atoms with E-state index in [9.17, 15) is 14.0 Å². The maximum atomic E-state index is 13.2. The van der Waals surface area contributed by atoms with Crippen LogP contribution in [0.5, 0.6) is 0 Å². The summed E-state index contributed by atoms with van der Waals surface area (Å²) in [6.07, 6.45) is 2.99. The molecule has 1 heterocycles. The molecule has 3 rings (SSSR count). The molecule has 1 unspecified atom stereocenters. The Kier molecular flexibility index (Phi) is 6.42. The molecule has 2 aromatic rings. The van der Waals surface area contributed by atoms with Gasteiger partial charge in [-0.05, 0) is 43.5 Å². The van der Waals surface area contributed by atoms with E-state index in [1.807, 2.05) is 24.3 Å². The molecule has 0 saturated heterocycles. The van der Waals surface area contributed by atoms with Gasteiger partial charge in [0.2, 0.25) is 0 Å². The zero-order valence-electron chi connectivity index (χ0n) is 15.9. The number of hydrazine groups is 1. The van der Waals surface area contributed by atoms with Crippen molar-refractivity contribution in [3.05, 3.63) is 53.2 Å². The van der Waals surface area contributed by atoms with E-state index in [1.54, 1.807) is 0 Å². The number of aromatic nitrogens is 1. The normalized spacial score (nSPS) is 15.4. The van der Waals surface area contributed by atoms with Crippen LogP contribution in [0.25, 0.3) is 0 Å². The molecule has 0 aliphatic heterocycles. The molecule has 0 spiro atoms. The number of alkyl halides is 2. The van der Waals surface area contributed by atoms with E-state index in [2.05, 4.69) is 28.3 Å². The Balaban J connectivity index is 2.03. The molecule has 0 bridgehead atoms. The van der Waals surface area contributed by atoms with Gasteiger partial charge in [-0.3, -0.25) is 5.84 Å². The van der Waals surface area contributed by atoms with Crippen LogP contribution in [0.3, 0.4) is 0 Å². The number of nitrogen functional groups attached to an aromatic ring is 1. The number of hydrogen-bond acceptors (Lipinski definition) is 5. The SMILES string of the molecule is CC(c1ccc(NN)cc1)N(c1ncc(C(F)F)cc1CC#N)C1CCCC1. The standard InChI is InChI=1S/C21H25F2N5/c1-14(15-6-8-18(27-25)9-7-15)28(19-4-2-3-5-19)21-16(10-11-24)12-17(13-26-21)20(22)23/h6-9,12-14,19-20,27H,2-5,10,25H2,1H3. The number of pyridine rings is 1. The van der Waals surface area contributed by atoms with Crippen LogP contribution < -0.4 is 16.2 Å². The van der Waals surface area contributed by atoms with E-state index < -0.39 is 6.43 Å². The third kappa shape index (κ3) is 4.23. The first kappa shape index (κ1) is 20.0. The summed E-state index contributed by atoms with van der Waals surface area (Å²) in [6.45, 7) is 2.09. The number of nitrogens with one attached hydrogen (secondary N) is 1. The summed E-state index contributed by atoms with van der Waals surface area (Å²) in [5.74, 6) is 6.09. The summed E-state index contributed by atoms with van der Waals surface area (Å²) in [6, 6.07) is 11.6. The van der Waals surface area contributed by atoms with Crippen molar-refractivity contribution < 1.29 is 8.78 Å². The van der Waals surface area contributed by atoms with E-state index in [0.29, 0.717) is 11.4 Å². The molecule has 1 aromatic heterocycles. The lowest BCUT2D eigenvalue weighted by Crippen LogP contribution is -2.37. The minimum atomic E-state index is -2.60. The number of hydrogen-bond donors (Lipinski definition) is 2. The van der Waals surface area contributed by atoms with Gasteiger partial charge in [0.1, 0.15) is 5.82 Å². The summed E-state index contributed by atoms with van der Waals surface area (Å²) in [7, 11) is 0. The summed E-state index contributed by atoms with van der Waals surface area (Å²) >= 11 is 0. The highest BCUT2D eigenvalue weighted by molar-refractivity contribution is 5.53. The fourth-order valence-electron chi connectivity index (χ4n) is 3.96. The van der Waals surface area contributed by atoms with Gasteiger partial charge in [0.05, 0.1) is 18.5 Å². The topological polar surface area (TPSA) is 78.0 Å². The first-order valence-electron chi connectivity index (χ1n) is 9.54. The fourth-order valence-corrected chi connectivity index (χ4v) is 3.96. The molecular weight excluding hydrogens is 360 g/mol. The lowest BCUT2D eigenvalue weighted by atomic mass is 10.0. The smallest absolute Gasteiger partial charge is 0.265 e. The van der Waals surface area contributed by atoms with Crippen LogP contribution in [-0.2, 0) is 6.42 Å². The molecule has 1 fully saturated rings. The number of benzene rings is 1. The molecule has 0 radical (unpaired) electrons. The van der Waals surface area contributed by atoms with E-state index in [-0.39, 0.29) is 24.1 Å². The van der Waals surface area contributed by atoms with Crippen molar-refractivity contribution in [2.24, 2.45) is 5.84 Å². The van der Waals surface area contributed by atoms with Gasteiger partial charge in [0.15, 0.2) is 0 Å². The third-order valence-corrected chi connectivity index (χ3v) is 5.43. The molecule has 148 valence electrons. The Morgan fingerprint density at radius 3 is 2.50 bits per heavy atom. The van der Waals surface area contributed by atoms with Crippen molar-refractivity contribution in [2.75, 3.05) is 10.3 Å². The molecule has 1 atom stereocenters. The summed E-state index contributed by atoms with van der Waals surface area (Å²) in [5, 5.41) is 9.23. The van der Waals surface area contributed by atoms with Gasteiger partial charge in [-0.1, -0.05) is 25.0 Å². The first-order valence-corrected chi connectivity index (χ1v) is 9.54. The Morgan fingerprint density at radius 1 is 1.25 bits per heavy atom. The second-order valence-corrected chi connectivity index (χ2v) is 7.17. The van der Waals surface area contributed by atoms with Crippen molar-refractivity contribution >= 4 is 11.5 Å². The highest BCUT2D eigenvalue weighted by atomic mass is 19.3. The average molecular weight is 385 g/mol. The van der Waals surface area contributed by atoms with Crippen molar-refractivity contribution in [3.8, 4) is 6.07 Å². The third-order valence-electron chi connectivity index (χ3n) is 5.43. The highest BCUT2D eigenvalue weighted by Crippen LogP contribution is 2.37. The Morgan fingerprint density at radius 2 is 1.93 bits per heavy atom. The van der Waals surface area contributed by atoms with Gasteiger partial charge in [-0.15, -0.1) is 0 Å². The van der Waals surface area contributed by atoms with Crippen LogP contribution >= 0.6 is 0 Å². The van der Waals surface area contributed by atoms with Crippen molar-refractivity contribution in [1.82, 2.24) is 4.98 Å². The second-order valence-electron chi connectivity index (χ2n) is 7.17. The van der Waals surface area contributed by atoms with Crippen molar-refractivity contribution in [1.29, 1.82) is 5.26 Å². The van der Waals surface area contributed by atoms with Gasteiger partial charge < -0.3 is 10.3 Å². The number of nitriles is 1. The maximum absolute atomic E-state index is 13.2. The van der Waals surface area contributed by atoms with Crippen molar-refractivity contribution in [3.63, 3.8) is 0 Å². The Labute approximate surface area is 164 Å². The predicted molar refractivity (Wildman–Crippen MR) is 106 cm³/mol. The molecule has 1 aromatic carbocycles. The number of anilines is 2. The average Bonchev–Trinajstić information content (AvgIpc) is 3.23. The minimum Gasteiger partial charge on any atom is -0.347 e. The van der Waals surface area contributed by atoms with E-state index in [1.165, 1.54) is 12.3 Å². The number of rotatable bonds is 7. The van der Waals surface area contributed by atoms with Gasteiger partial charge in [0.25, 0.3) is 6.43 Å². The molecule has 28 heavy (non-hydrogen) atoms. The van der Waals surface area contributed by atoms with E-state index >= 15 is 0 Å². The zero-order valence-corrected chi connectivity index (χ0v) is 15.9. The van der Waals surface area contributed by atoms with Gasteiger partial charge >= 0.3 is 0 Å². The second kappa shape index (κ2) is 8.98. The van der Waals surface area contributed by atoms with Crippen LogP contribution in [0.2, 0.25) is 0 Å². The Bertz CT molecular complexity index is 826. The predicted octanol–water partition coefficient (Wildman–Crippen LogP) is 4.88. The lowest BCUT2D eigenvalue weighted by Gasteiger charge is -2.37. The lowest BCUT2D eigenvalue weighted by molar-refractivity contribution is 0.151. The summed E-state index contributed by atoms with van der Waals surface area (Å²) in [5.41, 5.74) is 4.92. The maximum Gasteiger partial charge on any atom is 0.265 e. The van der Waals surface area contributed by atoms with Crippen LogP contribution in [0.1, 0.15) is 61.8 Å². The van der Waals surface area contributed by atoms with Gasteiger partial charge in [-0.2, -0.15) is 5.26 Å². The van der Waals surface area contributed by atoms with Gasteiger partial charge in [-0.25, -0.2) is 13.8 Å². The van der Waals surface area contributed by atoms with Gasteiger partial charge in [0, 0.05) is 29.1 Å². The highest BCUT2D eigenvalue weighted by Gasteiger charge is 2.30.